The largest absolute Gasteiger partial charge is 0.487 e. The predicted octanol–water partition coefficient (Wildman–Crippen LogP) is 6.18. The summed E-state index contributed by atoms with van der Waals surface area (Å²) in [4.78, 5) is 24.6. The fraction of sp³-hybridized carbons (Fsp3) is 0.143. The second-order valence-corrected chi connectivity index (χ2v) is 8.69. The zero-order valence-electron chi connectivity index (χ0n) is 19.2. The number of hydrogen-bond donors (Lipinski definition) is 0. The summed E-state index contributed by atoms with van der Waals surface area (Å²) in [6.45, 7) is 2.26. The molecule has 0 aliphatic carbocycles. The quantitative estimate of drug-likeness (QED) is 0.211. The molecule has 0 N–H and O–H groups in total. The molecule has 0 aliphatic heterocycles. The summed E-state index contributed by atoms with van der Waals surface area (Å²) in [5.74, 6) is 0.289. The van der Waals surface area contributed by atoms with Gasteiger partial charge in [-0.05, 0) is 55.0 Å². The summed E-state index contributed by atoms with van der Waals surface area (Å²) in [5, 5.41) is 2.06. The number of esters is 1. The van der Waals surface area contributed by atoms with E-state index in [2.05, 4.69) is 0 Å². The van der Waals surface area contributed by atoms with Crippen molar-refractivity contribution in [2.24, 2.45) is 7.05 Å². The number of rotatable bonds is 6. The lowest BCUT2D eigenvalue weighted by molar-refractivity contribution is 0.0472. The number of carbonyl (C=O) groups is 1. The van der Waals surface area contributed by atoms with Crippen LogP contribution in [0.15, 0.2) is 82.0 Å². The van der Waals surface area contributed by atoms with Crippen LogP contribution in [0.4, 0.5) is 0 Å². The van der Waals surface area contributed by atoms with Crippen LogP contribution in [0.5, 0.6) is 5.75 Å². The Hall–Kier alpha value is -4.03. The van der Waals surface area contributed by atoms with Crippen molar-refractivity contribution in [3.63, 3.8) is 0 Å². The zero-order valence-corrected chi connectivity index (χ0v) is 20.0. The summed E-state index contributed by atoms with van der Waals surface area (Å²) >= 11 is 6.04. The van der Waals surface area contributed by atoms with Crippen molar-refractivity contribution in [3.8, 4) is 5.75 Å². The van der Waals surface area contributed by atoms with Gasteiger partial charge in [0.25, 0.3) is 0 Å². The molecule has 2 aromatic heterocycles. The van der Waals surface area contributed by atoms with Gasteiger partial charge in [0, 0.05) is 40.0 Å². The molecule has 7 heteroatoms. The van der Waals surface area contributed by atoms with Crippen LogP contribution in [0.1, 0.15) is 27.2 Å². The molecule has 0 saturated carbocycles. The molecule has 0 spiro atoms. The van der Waals surface area contributed by atoms with Crippen molar-refractivity contribution >= 4 is 39.4 Å². The predicted molar refractivity (Wildman–Crippen MR) is 135 cm³/mol. The molecule has 0 bridgehead atoms. The lowest BCUT2D eigenvalue weighted by Crippen LogP contribution is -2.09. The first-order valence-electron chi connectivity index (χ1n) is 11.1. The number of fused-ring (bicyclic) bond motifs is 3. The van der Waals surface area contributed by atoms with Gasteiger partial charge < -0.3 is 18.5 Å². The number of aryl methyl sites for hydroxylation is 2. The summed E-state index contributed by atoms with van der Waals surface area (Å²) in [6, 6.07) is 21.2. The van der Waals surface area contributed by atoms with E-state index in [4.69, 9.17) is 25.5 Å². The second kappa shape index (κ2) is 9.31. The molecule has 35 heavy (non-hydrogen) atoms. The van der Waals surface area contributed by atoms with Crippen molar-refractivity contribution in [1.82, 2.24) is 4.57 Å². The third-order valence-corrected chi connectivity index (χ3v) is 6.30. The van der Waals surface area contributed by atoms with E-state index in [-0.39, 0.29) is 13.2 Å². The monoisotopic (exact) mass is 487 g/mol. The number of hydrogen-bond acceptors (Lipinski definition) is 5. The number of para-hydroxylation sites is 1. The Morgan fingerprint density at radius 1 is 1.00 bits per heavy atom. The molecule has 0 aliphatic rings. The van der Waals surface area contributed by atoms with Gasteiger partial charge in [0.2, 0.25) is 0 Å². The smallest absolute Gasteiger partial charge is 0.338 e. The SMILES string of the molecule is Cc1ccccc1OCc1c(COC(=O)c2cccc(Cl)c2)c2c3ccc(=O)oc3ccc2n1C. The van der Waals surface area contributed by atoms with Crippen molar-refractivity contribution in [3.05, 3.63) is 111 Å². The topological polar surface area (TPSA) is 70.7 Å². The third kappa shape index (κ3) is 4.40. The van der Waals surface area contributed by atoms with Crippen LogP contribution >= 0.6 is 11.6 Å². The molecule has 176 valence electrons. The highest BCUT2D eigenvalue weighted by Crippen LogP contribution is 2.33. The van der Waals surface area contributed by atoms with Crippen LogP contribution in [0.25, 0.3) is 21.9 Å². The normalized spacial score (nSPS) is 11.2. The van der Waals surface area contributed by atoms with Crippen LogP contribution in [0, 0.1) is 6.92 Å². The average Bonchev–Trinajstić information content (AvgIpc) is 3.12. The molecule has 0 radical (unpaired) electrons. The van der Waals surface area contributed by atoms with E-state index >= 15 is 0 Å². The maximum Gasteiger partial charge on any atom is 0.338 e. The molecule has 6 nitrogen and oxygen atoms in total. The highest BCUT2D eigenvalue weighted by atomic mass is 35.5. The van der Waals surface area contributed by atoms with Crippen molar-refractivity contribution in [2.75, 3.05) is 0 Å². The molecule has 5 aromatic rings. The van der Waals surface area contributed by atoms with Crippen molar-refractivity contribution < 1.29 is 18.7 Å². The van der Waals surface area contributed by atoms with Gasteiger partial charge in [-0.25, -0.2) is 9.59 Å². The Morgan fingerprint density at radius 2 is 1.83 bits per heavy atom. The first-order chi connectivity index (χ1) is 16.9. The molecule has 5 rings (SSSR count). The standard InChI is InChI=1S/C28H22ClNO5/c1-17-6-3-4-9-24(17)33-16-23-21(15-34-28(32)18-7-5-8-19(29)14-18)27-20-10-13-26(31)35-25(20)12-11-22(27)30(23)2/h3-14H,15-16H2,1-2H3. The molecule has 0 unspecified atom stereocenters. The Labute approximate surface area is 206 Å². The summed E-state index contributed by atoms with van der Waals surface area (Å²) < 4.78 is 19.3. The van der Waals surface area contributed by atoms with E-state index in [1.165, 1.54) is 6.07 Å². The minimum absolute atomic E-state index is 0.00733. The number of benzene rings is 3. The zero-order chi connectivity index (χ0) is 24.5. The number of nitrogens with zero attached hydrogens (tertiary/aromatic N) is 1. The van der Waals surface area contributed by atoms with Crippen LogP contribution < -0.4 is 10.4 Å². The van der Waals surface area contributed by atoms with Gasteiger partial charge in [-0.3, -0.25) is 0 Å². The van der Waals surface area contributed by atoms with Gasteiger partial charge in [-0.2, -0.15) is 0 Å². The van der Waals surface area contributed by atoms with Gasteiger partial charge in [-0.15, -0.1) is 0 Å². The average molecular weight is 488 g/mol. The first kappa shape index (κ1) is 22.7. The van der Waals surface area contributed by atoms with E-state index in [1.54, 1.807) is 36.4 Å². The Morgan fingerprint density at radius 3 is 2.63 bits per heavy atom. The molecule has 0 amide bonds. The van der Waals surface area contributed by atoms with Gasteiger partial charge in [0.1, 0.15) is 24.5 Å². The first-order valence-corrected chi connectivity index (χ1v) is 11.4. The molecular weight excluding hydrogens is 466 g/mol. The second-order valence-electron chi connectivity index (χ2n) is 8.25. The van der Waals surface area contributed by atoms with Gasteiger partial charge >= 0.3 is 11.6 Å². The van der Waals surface area contributed by atoms with E-state index in [9.17, 15) is 9.59 Å². The van der Waals surface area contributed by atoms with E-state index in [0.29, 0.717) is 16.2 Å². The van der Waals surface area contributed by atoms with E-state index in [0.717, 1.165) is 38.9 Å². The maximum atomic E-state index is 12.8. The summed E-state index contributed by atoms with van der Waals surface area (Å²) in [6.07, 6.45) is 0. The number of aromatic nitrogens is 1. The minimum Gasteiger partial charge on any atom is -0.487 e. The molecule has 3 aromatic carbocycles. The molecule has 2 heterocycles. The van der Waals surface area contributed by atoms with Crippen molar-refractivity contribution in [2.45, 2.75) is 20.1 Å². The number of carbonyl (C=O) groups excluding carboxylic acids is 1. The fourth-order valence-electron chi connectivity index (χ4n) is 4.27. The Kier molecular flexibility index (Phi) is 6.05. The lowest BCUT2D eigenvalue weighted by Gasteiger charge is -2.12. The van der Waals surface area contributed by atoms with Gasteiger partial charge in [0.05, 0.1) is 11.3 Å². The third-order valence-electron chi connectivity index (χ3n) is 6.06. The Bertz CT molecular complexity index is 1630. The molecule has 0 atom stereocenters. The summed E-state index contributed by atoms with van der Waals surface area (Å²) in [7, 11) is 1.94. The van der Waals surface area contributed by atoms with Crippen LogP contribution in [-0.2, 0) is 25.0 Å². The minimum atomic E-state index is -0.484. The van der Waals surface area contributed by atoms with Crippen LogP contribution in [0.3, 0.4) is 0 Å². The molecule has 0 saturated heterocycles. The van der Waals surface area contributed by atoms with Gasteiger partial charge in [-0.1, -0.05) is 35.9 Å². The molecule has 0 fully saturated rings. The maximum absolute atomic E-state index is 12.8. The van der Waals surface area contributed by atoms with E-state index < -0.39 is 11.6 Å². The van der Waals surface area contributed by atoms with Crippen molar-refractivity contribution in [1.29, 1.82) is 0 Å². The van der Waals surface area contributed by atoms with E-state index in [1.807, 2.05) is 48.9 Å². The highest BCUT2D eigenvalue weighted by Gasteiger charge is 2.21. The number of halogens is 1. The lowest BCUT2D eigenvalue weighted by atomic mass is 10.1. The number of ether oxygens (including phenoxy) is 2. The fourth-order valence-corrected chi connectivity index (χ4v) is 4.46. The van der Waals surface area contributed by atoms with Crippen LogP contribution in [0.2, 0.25) is 5.02 Å². The van der Waals surface area contributed by atoms with Crippen LogP contribution in [-0.4, -0.2) is 10.5 Å². The Balaban J connectivity index is 1.59. The molecular formula is C28H22ClNO5. The van der Waals surface area contributed by atoms with Gasteiger partial charge in [0.15, 0.2) is 0 Å². The highest BCUT2D eigenvalue weighted by molar-refractivity contribution is 6.30. The summed E-state index contributed by atoms with van der Waals surface area (Å²) in [5.41, 5.74) is 3.96.